The highest BCUT2D eigenvalue weighted by Gasteiger charge is 2.15. The zero-order chi connectivity index (χ0) is 20.3. The summed E-state index contributed by atoms with van der Waals surface area (Å²) in [5.74, 6) is -0.376. The standard InChI is InChI=1S/C24H25N3O2/c28-22(27-24(29)25-17-16-19-10-4-1-5-11-19)18-26-23(20-12-6-2-7-13-20)21-14-8-3-9-15-21/h1-15,23,26H,16-18H2,(H2,25,27,28,29). The Morgan fingerprint density at radius 1 is 0.724 bits per heavy atom. The minimum Gasteiger partial charge on any atom is -0.337 e. The Bertz CT molecular complexity index is 860. The van der Waals surface area contributed by atoms with Crippen LogP contribution in [-0.4, -0.2) is 25.0 Å². The highest BCUT2D eigenvalue weighted by molar-refractivity contribution is 5.95. The summed E-state index contributed by atoms with van der Waals surface area (Å²) >= 11 is 0. The fraction of sp³-hybridized carbons (Fsp3) is 0.167. The number of hydrogen-bond acceptors (Lipinski definition) is 3. The van der Waals surface area contributed by atoms with Crippen LogP contribution in [0.2, 0.25) is 0 Å². The van der Waals surface area contributed by atoms with Crippen LogP contribution >= 0.6 is 0 Å². The van der Waals surface area contributed by atoms with E-state index >= 15 is 0 Å². The average molecular weight is 387 g/mol. The van der Waals surface area contributed by atoms with E-state index in [1.807, 2.05) is 91.0 Å². The van der Waals surface area contributed by atoms with Crippen molar-refractivity contribution in [3.05, 3.63) is 108 Å². The SMILES string of the molecule is O=C(CNC(c1ccccc1)c1ccccc1)NC(=O)NCCc1ccccc1. The lowest BCUT2D eigenvalue weighted by atomic mass is 9.99. The minimum atomic E-state index is -0.483. The van der Waals surface area contributed by atoms with E-state index in [9.17, 15) is 9.59 Å². The number of amides is 3. The Labute approximate surface area is 171 Å². The summed E-state index contributed by atoms with van der Waals surface area (Å²) in [4.78, 5) is 24.2. The number of nitrogens with one attached hydrogen (secondary N) is 3. The first-order valence-corrected chi connectivity index (χ1v) is 9.67. The molecule has 5 heteroatoms. The second kappa shape index (κ2) is 10.8. The number of imide groups is 1. The van der Waals surface area contributed by atoms with E-state index in [2.05, 4.69) is 16.0 Å². The van der Waals surface area contributed by atoms with Gasteiger partial charge < -0.3 is 5.32 Å². The Hall–Kier alpha value is -3.44. The number of benzene rings is 3. The molecule has 3 aromatic carbocycles. The van der Waals surface area contributed by atoms with Gasteiger partial charge >= 0.3 is 6.03 Å². The molecule has 0 aliphatic rings. The third-order valence-corrected chi connectivity index (χ3v) is 4.53. The van der Waals surface area contributed by atoms with Gasteiger partial charge in [-0.15, -0.1) is 0 Å². The largest absolute Gasteiger partial charge is 0.337 e. The van der Waals surface area contributed by atoms with Gasteiger partial charge in [-0.3, -0.25) is 15.4 Å². The van der Waals surface area contributed by atoms with Gasteiger partial charge in [0.2, 0.25) is 5.91 Å². The smallest absolute Gasteiger partial charge is 0.321 e. The molecule has 5 nitrogen and oxygen atoms in total. The van der Waals surface area contributed by atoms with Crippen LogP contribution in [0.3, 0.4) is 0 Å². The highest BCUT2D eigenvalue weighted by Crippen LogP contribution is 2.21. The van der Waals surface area contributed by atoms with Crippen molar-refractivity contribution >= 4 is 11.9 Å². The molecule has 3 rings (SSSR count). The van der Waals surface area contributed by atoms with Gasteiger partial charge in [0.15, 0.2) is 0 Å². The van der Waals surface area contributed by atoms with Gasteiger partial charge in [0.05, 0.1) is 12.6 Å². The fourth-order valence-electron chi connectivity index (χ4n) is 3.09. The molecule has 0 saturated carbocycles. The van der Waals surface area contributed by atoms with E-state index in [1.165, 1.54) is 0 Å². The summed E-state index contributed by atoms with van der Waals surface area (Å²) in [6, 6.07) is 29.1. The predicted octanol–water partition coefficient (Wildman–Crippen LogP) is 3.43. The summed E-state index contributed by atoms with van der Waals surface area (Å²) < 4.78 is 0. The number of hydrogen-bond donors (Lipinski definition) is 3. The summed E-state index contributed by atoms with van der Waals surface area (Å²) in [7, 11) is 0. The second-order valence-corrected chi connectivity index (χ2v) is 6.67. The molecule has 0 atom stereocenters. The fourth-order valence-corrected chi connectivity index (χ4v) is 3.09. The first-order valence-electron chi connectivity index (χ1n) is 9.67. The van der Waals surface area contributed by atoms with Crippen LogP contribution in [0.15, 0.2) is 91.0 Å². The van der Waals surface area contributed by atoms with Crippen LogP contribution in [0.4, 0.5) is 4.79 Å². The molecule has 148 valence electrons. The molecule has 0 spiro atoms. The molecule has 0 fully saturated rings. The van der Waals surface area contributed by atoms with Crippen LogP contribution < -0.4 is 16.0 Å². The van der Waals surface area contributed by atoms with Gasteiger partial charge in [-0.05, 0) is 23.1 Å². The van der Waals surface area contributed by atoms with Gasteiger partial charge in [-0.25, -0.2) is 4.79 Å². The number of carbonyl (C=O) groups is 2. The lowest BCUT2D eigenvalue weighted by Crippen LogP contribution is -2.44. The van der Waals surface area contributed by atoms with Crippen molar-refractivity contribution in [1.29, 1.82) is 0 Å². The van der Waals surface area contributed by atoms with E-state index in [0.29, 0.717) is 13.0 Å². The maximum Gasteiger partial charge on any atom is 0.321 e. The van der Waals surface area contributed by atoms with Crippen LogP contribution in [0.1, 0.15) is 22.7 Å². The van der Waals surface area contributed by atoms with Crippen LogP contribution in [-0.2, 0) is 11.2 Å². The first kappa shape index (κ1) is 20.3. The number of carbonyl (C=O) groups excluding carboxylic acids is 2. The van der Waals surface area contributed by atoms with E-state index < -0.39 is 6.03 Å². The van der Waals surface area contributed by atoms with E-state index in [4.69, 9.17) is 0 Å². The van der Waals surface area contributed by atoms with Crippen LogP contribution in [0.5, 0.6) is 0 Å². The summed E-state index contributed by atoms with van der Waals surface area (Å²) in [5, 5.41) is 8.33. The van der Waals surface area contributed by atoms with Gasteiger partial charge in [0.25, 0.3) is 0 Å². The molecular weight excluding hydrogens is 362 g/mol. The highest BCUT2D eigenvalue weighted by atomic mass is 16.2. The second-order valence-electron chi connectivity index (χ2n) is 6.67. The molecular formula is C24H25N3O2. The number of urea groups is 1. The Morgan fingerprint density at radius 2 is 1.24 bits per heavy atom. The van der Waals surface area contributed by atoms with E-state index in [-0.39, 0.29) is 18.5 Å². The predicted molar refractivity (Wildman–Crippen MR) is 114 cm³/mol. The summed E-state index contributed by atoms with van der Waals surface area (Å²) in [6.07, 6.45) is 0.713. The summed E-state index contributed by atoms with van der Waals surface area (Å²) in [6.45, 7) is 0.494. The van der Waals surface area contributed by atoms with Gasteiger partial charge in [-0.2, -0.15) is 0 Å². The average Bonchev–Trinajstić information content (AvgIpc) is 2.76. The van der Waals surface area contributed by atoms with Gasteiger partial charge in [-0.1, -0.05) is 91.0 Å². The molecule has 3 N–H and O–H groups in total. The van der Waals surface area contributed by atoms with Crippen LogP contribution in [0, 0.1) is 0 Å². The third kappa shape index (κ3) is 6.59. The molecule has 29 heavy (non-hydrogen) atoms. The quantitative estimate of drug-likeness (QED) is 0.555. The summed E-state index contributed by atoms with van der Waals surface area (Å²) in [5.41, 5.74) is 3.24. The van der Waals surface area contributed by atoms with Crippen LogP contribution in [0.25, 0.3) is 0 Å². The van der Waals surface area contributed by atoms with Crippen molar-refractivity contribution in [2.75, 3.05) is 13.1 Å². The number of rotatable bonds is 8. The molecule has 0 aliphatic carbocycles. The van der Waals surface area contributed by atoms with E-state index in [0.717, 1.165) is 16.7 Å². The maximum absolute atomic E-state index is 12.2. The van der Waals surface area contributed by atoms with Crippen molar-refractivity contribution in [3.8, 4) is 0 Å². The minimum absolute atomic E-state index is 0.0283. The molecule has 0 bridgehead atoms. The van der Waals surface area contributed by atoms with Gasteiger partial charge in [0.1, 0.15) is 0 Å². The Morgan fingerprint density at radius 3 is 1.79 bits per heavy atom. The maximum atomic E-state index is 12.2. The van der Waals surface area contributed by atoms with Crippen molar-refractivity contribution < 1.29 is 9.59 Å². The molecule has 0 unspecified atom stereocenters. The van der Waals surface area contributed by atoms with Crippen molar-refractivity contribution in [1.82, 2.24) is 16.0 Å². The van der Waals surface area contributed by atoms with Crippen molar-refractivity contribution in [3.63, 3.8) is 0 Å². The molecule has 0 saturated heterocycles. The molecule has 0 heterocycles. The Balaban J connectivity index is 1.49. The third-order valence-electron chi connectivity index (χ3n) is 4.53. The van der Waals surface area contributed by atoms with Gasteiger partial charge in [0, 0.05) is 6.54 Å². The topological polar surface area (TPSA) is 70.2 Å². The van der Waals surface area contributed by atoms with Crippen molar-refractivity contribution in [2.24, 2.45) is 0 Å². The normalized spacial score (nSPS) is 10.5. The zero-order valence-electron chi connectivity index (χ0n) is 16.2. The molecule has 3 amide bonds. The van der Waals surface area contributed by atoms with E-state index in [1.54, 1.807) is 0 Å². The monoisotopic (exact) mass is 387 g/mol. The van der Waals surface area contributed by atoms with Crippen molar-refractivity contribution in [2.45, 2.75) is 12.5 Å². The lowest BCUT2D eigenvalue weighted by molar-refractivity contribution is -0.119. The molecule has 0 aliphatic heterocycles. The zero-order valence-corrected chi connectivity index (χ0v) is 16.2. The molecule has 0 aromatic heterocycles. The first-order chi connectivity index (χ1) is 14.2. The lowest BCUT2D eigenvalue weighted by Gasteiger charge is -2.19. The Kier molecular flexibility index (Phi) is 7.55. The molecule has 0 radical (unpaired) electrons. The molecule has 3 aromatic rings.